The first-order chi connectivity index (χ1) is 14.6. The fraction of sp³-hybridized carbons (Fsp3) is 0.318. The highest BCUT2D eigenvalue weighted by Crippen LogP contribution is 2.30. The molecule has 0 radical (unpaired) electrons. The summed E-state index contributed by atoms with van der Waals surface area (Å²) in [6.45, 7) is 8.48. The zero-order valence-corrected chi connectivity index (χ0v) is 18.9. The molecular formula is C22H24N6S2. The summed E-state index contributed by atoms with van der Waals surface area (Å²) in [5.74, 6) is 1.02. The van der Waals surface area contributed by atoms with E-state index in [2.05, 4.69) is 59.1 Å². The van der Waals surface area contributed by atoms with Gasteiger partial charge in [-0.05, 0) is 42.1 Å². The van der Waals surface area contributed by atoms with Crippen LogP contribution in [0.5, 0.6) is 0 Å². The third kappa shape index (κ3) is 3.82. The molecule has 1 N–H and O–H groups in total. The predicted octanol–water partition coefficient (Wildman–Crippen LogP) is 4.66. The summed E-state index contributed by atoms with van der Waals surface area (Å²) in [5.41, 5.74) is 4.87. The van der Waals surface area contributed by atoms with Crippen LogP contribution < -0.4 is 9.62 Å². The number of hydrogen-bond donors (Lipinski definition) is 1. The number of aromatic nitrogens is 4. The Morgan fingerprint density at radius 1 is 1.17 bits per heavy atom. The fourth-order valence-corrected chi connectivity index (χ4v) is 4.84. The Hall–Kier alpha value is -2.42. The molecule has 0 aromatic carbocycles. The zero-order valence-electron chi connectivity index (χ0n) is 17.2. The highest BCUT2D eigenvalue weighted by atomic mass is 32.2. The molecule has 0 unspecified atom stereocenters. The lowest BCUT2D eigenvalue weighted by molar-refractivity contribution is 0.488. The number of nitrogens with zero attached hydrogens (tertiary/aromatic N) is 5. The molecule has 0 spiro atoms. The van der Waals surface area contributed by atoms with E-state index in [1.807, 2.05) is 29.0 Å². The summed E-state index contributed by atoms with van der Waals surface area (Å²) < 4.78 is 5.37. The highest BCUT2D eigenvalue weighted by Gasteiger charge is 2.28. The highest BCUT2D eigenvalue weighted by molar-refractivity contribution is 7.98. The van der Waals surface area contributed by atoms with Crippen LogP contribution in [-0.2, 0) is 0 Å². The van der Waals surface area contributed by atoms with Crippen LogP contribution in [0.2, 0.25) is 0 Å². The zero-order chi connectivity index (χ0) is 20.7. The quantitative estimate of drug-likeness (QED) is 0.444. The average Bonchev–Trinajstić information content (AvgIpc) is 3.35. The molecule has 5 rings (SSSR count). The average molecular weight is 437 g/mol. The van der Waals surface area contributed by atoms with Crippen molar-refractivity contribution >= 4 is 34.7 Å². The summed E-state index contributed by atoms with van der Waals surface area (Å²) in [6.07, 6.45) is 3.83. The van der Waals surface area contributed by atoms with E-state index in [1.165, 1.54) is 5.56 Å². The molecule has 30 heavy (non-hydrogen) atoms. The third-order valence-electron chi connectivity index (χ3n) is 5.05. The van der Waals surface area contributed by atoms with E-state index in [0.29, 0.717) is 11.3 Å². The van der Waals surface area contributed by atoms with Crippen LogP contribution in [0.1, 0.15) is 19.4 Å². The van der Waals surface area contributed by atoms with Gasteiger partial charge in [0, 0.05) is 24.5 Å². The van der Waals surface area contributed by atoms with E-state index in [9.17, 15) is 0 Å². The summed E-state index contributed by atoms with van der Waals surface area (Å²) in [5, 5.41) is 7.16. The Balaban J connectivity index is 1.44. The second kappa shape index (κ2) is 8.02. The summed E-state index contributed by atoms with van der Waals surface area (Å²) in [4.78, 5) is 13.3. The Kier molecular flexibility index (Phi) is 5.22. The molecule has 0 saturated carbocycles. The molecule has 4 aromatic rings. The molecule has 0 atom stereocenters. The van der Waals surface area contributed by atoms with E-state index in [1.54, 1.807) is 23.3 Å². The standard InChI is InChI=1S/C22H24N6S2/c1-14(2)30-26-16-12-27(13-16)21-10-15(3)9-19(24-21)17-11-23-28-7-6-18(25-22(17)28)20-5-4-8-29-20/h4-11,14,16,26H,12-13H2,1-3H3. The van der Waals surface area contributed by atoms with E-state index in [4.69, 9.17) is 9.97 Å². The van der Waals surface area contributed by atoms with Crippen molar-refractivity contribution in [2.75, 3.05) is 18.0 Å². The molecule has 6 nitrogen and oxygen atoms in total. The van der Waals surface area contributed by atoms with Gasteiger partial charge in [-0.2, -0.15) is 5.10 Å². The lowest BCUT2D eigenvalue weighted by Gasteiger charge is -2.40. The van der Waals surface area contributed by atoms with Crippen molar-refractivity contribution in [1.82, 2.24) is 24.3 Å². The van der Waals surface area contributed by atoms with Gasteiger partial charge in [-0.25, -0.2) is 14.5 Å². The van der Waals surface area contributed by atoms with Gasteiger partial charge in [0.25, 0.3) is 0 Å². The van der Waals surface area contributed by atoms with Crippen molar-refractivity contribution in [1.29, 1.82) is 0 Å². The van der Waals surface area contributed by atoms with Gasteiger partial charge < -0.3 is 4.90 Å². The van der Waals surface area contributed by atoms with Crippen molar-refractivity contribution in [2.45, 2.75) is 32.1 Å². The number of fused-ring (bicyclic) bond motifs is 1. The minimum absolute atomic E-state index is 0.509. The number of rotatable bonds is 6. The van der Waals surface area contributed by atoms with E-state index in [0.717, 1.165) is 46.4 Å². The molecule has 0 aliphatic carbocycles. The van der Waals surface area contributed by atoms with E-state index in [-0.39, 0.29) is 0 Å². The first-order valence-electron chi connectivity index (χ1n) is 10.1. The molecule has 1 fully saturated rings. The van der Waals surface area contributed by atoms with Crippen LogP contribution >= 0.6 is 23.3 Å². The topological polar surface area (TPSA) is 58.4 Å². The number of pyridine rings is 1. The monoisotopic (exact) mass is 436 g/mol. The Morgan fingerprint density at radius 3 is 2.80 bits per heavy atom. The Morgan fingerprint density at radius 2 is 2.03 bits per heavy atom. The van der Waals surface area contributed by atoms with Crippen LogP contribution in [0.15, 0.2) is 48.1 Å². The second-order valence-corrected chi connectivity index (χ2v) is 10.3. The smallest absolute Gasteiger partial charge is 0.165 e. The maximum atomic E-state index is 4.97. The second-order valence-electron chi connectivity index (χ2n) is 7.89. The van der Waals surface area contributed by atoms with Gasteiger partial charge >= 0.3 is 0 Å². The van der Waals surface area contributed by atoms with Gasteiger partial charge in [0.15, 0.2) is 5.65 Å². The number of anilines is 1. The molecule has 0 amide bonds. The van der Waals surface area contributed by atoms with Crippen molar-refractivity contribution in [3.8, 4) is 21.8 Å². The van der Waals surface area contributed by atoms with Gasteiger partial charge in [-0.15, -0.1) is 11.3 Å². The van der Waals surface area contributed by atoms with Crippen molar-refractivity contribution in [2.24, 2.45) is 0 Å². The van der Waals surface area contributed by atoms with Crippen LogP contribution in [0.3, 0.4) is 0 Å². The van der Waals surface area contributed by atoms with Gasteiger partial charge in [0.05, 0.1) is 34.1 Å². The Bertz CT molecular complexity index is 1160. The lowest BCUT2D eigenvalue weighted by atomic mass is 10.1. The number of aryl methyl sites for hydroxylation is 1. The fourth-order valence-electron chi connectivity index (χ4n) is 3.53. The molecule has 0 bridgehead atoms. The van der Waals surface area contributed by atoms with Gasteiger partial charge in [0.1, 0.15) is 5.82 Å². The normalized spacial score (nSPS) is 14.6. The third-order valence-corrected chi connectivity index (χ3v) is 6.88. The van der Waals surface area contributed by atoms with Crippen LogP contribution in [0.25, 0.3) is 27.5 Å². The minimum Gasteiger partial charge on any atom is -0.353 e. The van der Waals surface area contributed by atoms with E-state index < -0.39 is 0 Å². The number of thiophene rings is 1. The van der Waals surface area contributed by atoms with Crippen LogP contribution in [0, 0.1) is 6.92 Å². The van der Waals surface area contributed by atoms with Gasteiger partial charge in [-0.3, -0.25) is 4.72 Å². The Labute approximate surface area is 184 Å². The molecule has 8 heteroatoms. The number of hydrogen-bond acceptors (Lipinski definition) is 7. The first-order valence-corrected chi connectivity index (χ1v) is 11.9. The minimum atomic E-state index is 0.509. The molecule has 1 aliphatic heterocycles. The van der Waals surface area contributed by atoms with Crippen molar-refractivity contribution in [3.05, 3.63) is 53.7 Å². The molecule has 1 saturated heterocycles. The molecule has 5 heterocycles. The predicted molar refractivity (Wildman–Crippen MR) is 126 cm³/mol. The van der Waals surface area contributed by atoms with Gasteiger partial charge in [0.2, 0.25) is 0 Å². The SMILES string of the molecule is Cc1cc(-c2cnn3ccc(-c4cccs4)nc23)nc(N2CC(NSC(C)C)C2)c1. The molecule has 154 valence electrons. The summed E-state index contributed by atoms with van der Waals surface area (Å²) in [7, 11) is 0. The van der Waals surface area contributed by atoms with Crippen molar-refractivity contribution < 1.29 is 0 Å². The maximum Gasteiger partial charge on any atom is 0.165 e. The first kappa shape index (κ1) is 19.5. The van der Waals surface area contributed by atoms with E-state index >= 15 is 0 Å². The van der Waals surface area contributed by atoms with Gasteiger partial charge in [-0.1, -0.05) is 31.9 Å². The van der Waals surface area contributed by atoms with Crippen molar-refractivity contribution in [3.63, 3.8) is 0 Å². The van der Waals surface area contributed by atoms with Crippen LogP contribution in [0.4, 0.5) is 5.82 Å². The largest absolute Gasteiger partial charge is 0.353 e. The molecular weight excluding hydrogens is 412 g/mol. The van der Waals surface area contributed by atoms with Crippen LogP contribution in [-0.4, -0.2) is 44.0 Å². The number of nitrogens with one attached hydrogen (secondary N) is 1. The maximum absolute atomic E-state index is 4.97. The lowest BCUT2D eigenvalue weighted by Crippen LogP contribution is -2.57. The summed E-state index contributed by atoms with van der Waals surface area (Å²) >= 11 is 3.49. The summed E-state index contributed by atoms with van der Waals surface area (Å²) in [6, 6.07) is 10.9. The molecule has 4 aromatic heterocycles. The molecule has 1 aliphatic rings.